The Labute approximate surface area is 348 Å². The maximum atomic E-state index is 12.7. The van der Waals surface area contributed by atoms with Crippen molar-refractivity contribution < 1.29 is 28.6 Å². The van der Waals surface area contributed by atoms with Crippen LogP contribution in [0, 0.1) is 0 Å². The largest absolute Gasteiger partial charge is 0.462 e. The van der Waals surface area contributed by atoms with Crippen molar-refractivity contribution in [3.63, 3.8) is 0 Å². The van der Waals surface area contributed by atoms with Crippen molar-refractivity contribution in [1.82, 2.24) is 0 Å². The van der Waals surface area contributed by atoms with Crippen LogP contribution in [0.2, 0.25) is 0 Å². The molecule has 0 N–H and O–H groups in total. The molecule has 0 saturated heterocycles. The van der Waals surface area contributed by atoms with Crippen molar-refractivity contribution in [3.8, 4) is 0 Å². The van der Waals surface area contributed by atoms with Crippen LogP contribution in [-0.4, -0.2) is 37.2 Å². The Morgan fingerprint density at radius 1 is 0.339 bits per heavy atom. The second kappa shape index (κ2) is 45.8. The average Bonchev–Trinajstić information content (AvgIpc) is 3.19. The van der Waals surface area contributed by atoms with Gasteiger partial charge in [-0.1, -0.05) is 219 Å². The number of hydrogen-bond acceptors (Lipinski definition) is 6. The van der Waals surface area contributed by atoms with Gasteiger partial charge in [-0.25, -0.2) is 0 Å². The van der Waals surface area contributed by atoms with Crippen LogP contribution < -0.4 is 0 Å². The van der Waals surface area contributed by atoms with Crippen LogP contribution in [0.4, 0.5) is 0 Å². The van der Waals surface area contributed by atoms with Crippen LogP contribution in [0.3, 0.4) is 0 Å². The molecule has 0 heterocycles. The van der Waals surface area contributed by atoms with Gasteiger partial charge in [0.15, 0.2) is 6.10 Å². The number of carbonyl (C=O) groups is 3. The Bertz CT molecular complexity index is 870. The summed E-state index contributed by atoms with van der Waals surface area (Å²) in [5, 5.41) is 0. The molecule has 1 atom stereocenters. The van der Waals surface area contributed by atoms with Crippen LogP contribution in [0.1, 0.15) is 271 Å². The van der Waals surface area contributed by atoms with E-state index in [2.05, 4.69) is 32.9 Å². The molecule has 0 aliphatic heterocycles. The second-order valence-electron chi connectivity index (χ2n) is 16.7. The van der Waals surface area contributed by atoms with Crippen LogP contribution in [0.15, 0.2) is 12.2 Å². The fourth-order valence-corrected chi connectivity index (χ4v) is 7.26. The van der Waals surface area contributed by atoms with E-state index in [1.807, 2.05) is 0 Å². The van der Waals surface area contributed by atoms with Gasteiger partial charge in [0.1, 0.15) is 13.2 Å². The van der Waals surface area contributed by atoms with Crippen LogP contribution >= 0.6 is 0 Å². The first kappa shape index (κ1) is 54.2. The van der Waals surface area contributed by atoms with Gasteiger partial charge in [-0.2, -0.15) is 0 Å². The summed E-state index contributed by atoms with van der Waals surface area (Å²) in [5.41, 5.74) is 0. The van der Waals surface area contributed by atoms with Crippen LogP contribution in [0.5, 0.6) is 0 Å². The lowest BCUT2D eigenvalue weighted by Gasteiger charge is -2.18. The Morgan fingerprint density at radius 3 is 0.929 bits per heavy atom. The lowest BCUT2D eigenvalue weighted by atomic mass is 10.0. The zero-order valence-electron chi connectivity index (χ0n) is 37.7. The minimum Gasteiger partial charge on any atom is -0.462 e. The SMILES string of the molecule is CCCCC/C=C\CCCCCCCC(=O)O[C@H](COC(=O)CCCCCCCCCCC)COC(=O)CCCCCCCCCCCCCCCCCCC. The standard InChI is InChI=1S/C50H94O6/c1-4-7-10-13-16-19-21-23-24-25-26-27-29-31-34-37-40-43-49(52)55-46-47(45-54-48(51)42-39-36-33-30-18-15-12-9-6-3)56-50(53)44-41-38-35-32-28-22-20-17-14-11-8-5-2/h17,20,47H,4-16,18-19,21-46H2,1-3H3/b20-17-/t47-/m1/s1. The third-order valence-electron chi connectivity index (χ3n) is 11.0. The summed E-state index contributed by atoms with van der Waals surface area (Å²) in [5.74, 6) is -0.868. The molecule has 0 unspecified atom stereocenters. The topological polar surface area (TPSA) is 78.9 Å². The fraction of sp³-hybridized carbons (Fsp3) is 0.900. The molecule has 330 valence electrons. The third kappa shape index (κ3) is 43.3. The smallest absolute Gasteiger partial charge is 0.306 e. The van der Waals surface area contributed by atoms with E-state index in [0.717, 1.165) is 64.2 Å². The normalized spacial score (nSPS) is 12.0. The quantitative estimate of drug-likeness (QED) is 0.0264. The van der Waals surface area contributed by atoms with E-state index < -0.39 is 6.10 Å². The molecule has 6 nitrogen and oxygen atoms in total. The predicted molar refractivity (Wildman–Crippen MR) is 238 cm³/mol. The van der Waals surface area contributed by atoms with Crippen molar-refractivity contribution in [1.29, 1.82) is 0 Å². The Hall–Kier alpha value is -1.85. The summed E-state index contributed by atoms with van der Waals surface area (Å²) in [6.45, 7) is 6.61. The highest BCUT2D eigenvalue weighted by atomic mass is 16.6. The van der Waals surface area contributed by atoms with E-state index in [-0.39, 0.29) is 31.1 Å². The van der Waals surface area contributed by atoms with Gasteiger partial charge in [-0.05, 0) is 44.9 Å². The summed E-state index contributed by atoms with van der Waals surface area (Å²) in [4.78, 5) is 37.8. The van der Waals surface area contributed by atoms with Gasteiger partial charge in [0.05, 0.1) is 0 Å². The summed E-state index contributed by atoms with van der Waals surface area (Å²) >= 11 is 0. The second-order valence-corrected chi connectivity index (χ2v) is 16.7. The van der Waals surface area contributed by atoms with E-state index in [0.29, 0.717) is 19.3 Å². The molecule has 0 radical (unpaired) electrons. The molecule has 0 aliphatic rings. The molecule has 0 aromatic heterocycles. The van der Waals surface area contributed by atoms with Gasteiger partial charge < -0.3 is 14.2 Å². The van der Waals surface area contributed by atoms with Crippen molar-refractivity contribution in [2.24, 2.45) is 0 Å². The van der Waals surface area contributed by atoms with Crippen molar-refractivity contribution in [2.45, 2.75) is 277 Å². The van der Waals surface area contributed by atoms with Crippen molar-refractivity contribution in [3.05, 3.63) is 12.2 Å². The molecule has 0 amide bonds. The zero-order chi connectivity index (χ0) is 40.8. The molecule has 0 rings (SSSR count). The van der Waals surface area contributed by atoms with Gasteiger partial charge in [-0.3, -0.25) is 14.4 Å². The molecular weight excluding hydrogens is 697 g/mol. The lowest BCUT2D eigenvalue weighted by molar-refractivity contribution is -0.167. The lowest BCUT2D eigenvalue weighted by Crippen LogP contribution is -2.30. The first-order valence-electron chi connectivity index (χ1n) is 24.7. The highest BCUT2D eigenvalue weighted by molar-refractivity contribution is 5.71. The van der Waals surface area contributed by atoms with Crippen molar-refractivity contribution in [2.75, 3.05) is 13.2 Å². The number of rotatable bonds is 45. The molecule has 0 spiro atoms. The number of allylic oxidation sites excluding steroid dienone is 2. The molecule has 0 fully saturated rings. The molecule has 56 heavy (non-hydrogen) atoms. The molecule has 0 aromatic carbocycles. The van der Waals surface area contributed by atoms with Crippen molar-refractivity contribution >= 4 is 17.9 Å². The molecule has 0 aromatic rings. The molecule has 0 bridgehead atoms. The van der Waals surface area contributed by atoms with E-state index >= 15 is 0 Å². The monoisotopic (exact) mass is 791 g/mol. The summed E-state index contributed by atoms with van der Waals surface area (Å²) < 4.78 is 16.7. The number of hydrogen-bond donors (Lipinski definition) is 0. The fourth-order valence-electron chi connectivity index (χ4n) is 7.26. The maximum absolute atomic E-state index is 12.7. The Kier molecular flexibility index (Phi) is 44.3. The number of esters is 3. The van der Waals surface area contributed by atoms with Gasteiger partial charge in [-0.15, -0.1) is 0 Å². The number of carbonyl (C=O) groups excluding carboxylic acids is 3. The van der Waals surface area contributed by atoms with Gasteiger partial charge >= 0.3 is 17.9 Å². The minimum absolute atomic E-state index is 0.0686. The Morgan fingerprint density at radius 2 is 0.589 bits per heavy atom. The minimum atomic E-state index is -0.766. The van der Waals surface area contributed by atoms with Crippen LogP contribution in [-0.2, 0) is 28.6 Å². The van der Waals surface area contributed by atoms with E-state index in [1.165, 1.54) is 167 Å². The highest BCUT2D eigenvalue weighted by Crippen LogP contribution is 2.16. The highest BCUT2D eigenvalue weighted by Gasteiger charge is 2.19. The van der Waals surface area contributed by atoms with Gasteiger partial charge in [0.2, 0.25) is 0 Å². The summed E-state index contributed by atoms with van der Waals surface area (Å²) in [6, 6.07) is 0. The van der Waals surface area contributed by atoms with Gasteiger partial charge in [0.25, 0.3) is 0 Å². The Balaban J connectivity index is 4.26. The summed E-state index contributed by atoms with van der Waals surface area (Å²) in [7, 11) is 0. The van der Waals surface area contributed by atoms with E-state index in [4.69, 9.17) is 14.2 Å². The number of ether oxygens (including phenoxy) is 3. The van der Waals surface area contributed by atoms with Crippen LogP contribution in [0.25, 0.3) is 0 Å². The first-order chi connectivity index (χ1) is 27.5. The average molecular weight is 791 g/mol. The number of unbranched alkanes of at least 4 members (excludes halogenated alkanes) is 32. The summed E-state index contributed by atoms with van der Waals surface area (Å²) in [6.07, 6.45) is 49.1. The molecule has 0 saturated carbocycles. The molecular formula is C50H94O6. The third-order valence-corrected chi connectivity index (χ3v) is 11.0. The maximum Gasteiger partial charge on any atom is 0.306 e. The predicted octanol–water partition coefficient (Wildman–Crippen LogP) is 15.8. The first-order valence-corrected chi connectivity index (χ1v) is 24.7. The zero-order valence-corrected chi connectivity index (χ0v) is 37.7. The molecule has 6 heteroatoms. The molecule has 0 aliphatic carbocycles. The van der Waals surface area contributed by atoms with E-state index in [9.17, 15) is 14.4 Å². The van der Waals surface area contributed by atoms with E-state index in [1.54, 1.807) is 0 Å². The van der Waals surface area contributed by atoms with Gasteiger partial charge in [0, 0.05) is 19.3 Å².